The Morgan fingerprint density at radius 2 is 1.54 bits per heavy atom. The van der Waals surface area contributed by atoms with Gasteiger partial charge in [-0.2, -0.15) is 26.3 Å². The number of benzene rings is 3. The van der Waals surface area contributed by atoms with Crippen LogP contribution in [0.3, 0.4) is 0 Å². The van der Waals surface area contributed by atoms with Crippen molar-refractivity contribution in [3.05, 3.63) is 99.0 Å². The van der Waals surface area contributed by atoms with Crippen molar-refractivity contribution in [2.75, 3.05) is 17.7 Å². The van der Waals surface area contributed by atoms with Crippen LogP contribution in [0.4, 0.5) is 37.7 Å². The minimum Gasteiger partial charge on any atom is -0.354 e. The third-order valence-electron chi connectivity index (χ3n) is 4.90. The van der Waals surface area contributed by atoms with E-state index < -0.39 is 29.5 Å². The molecule has 1 amide bonds. The predicted molar refractivity (Wildman–Crippen MR) is 136 cm³/mol. The Kier molecular flexibility index (Phi) is 8.70. The van der Waals surface area contributed by atoms with Gasteiger partial charge in [0.05, 0.1) is 16.3 Å². The number of nitrogens with one attached hydrogen (secondary N) is 2. The summed E-state index contributed by atoms with van der Waals surface area (Å²) < 4.78 is 79.4. The molecule has 37 heavy (non-hydrogen) atoms. The van der Waals surface area contributed by atoms with Crippen molar-refractivity contribution in [1.29, 1.82) is 0 Å². The van der Waals surface area contributed by atoms with Crippen molar-refractivity contribution < 1.29 is 31.1 Å². The van der Waals surface area contributed by atoms with Gasteiger partial charge in [-0.05, 0) is 54.1 Å². The molecule has 0 spiro atoms. The first-order valence-electron chi connectivity index (χ1n) is 10.3. The smallest absolute Gasteiger partial charge is 0.354 e. The van der Waals surface area contributed by atoms with Crippen LogP contribution >= 0.6 is 27.5 Å². The molecule has 3 aromatic rings. The van der Waals surface area contributed by atoms with Crippen LogP contribution in [-0.2, 0) is 6.18 Å². The summed E-state index contributed by atoms with van der Waals surface area (Å²) in [5, 5.41) is 5.50. The van der Waals surface area contributed by atoms with Crippen LogP contribution in [-0.4, -0.2) is 24.8 Å². The Morgan fingerprint density at radius 3 is 2.11 bits per heavy atom. The number of amides is 1. The van der Waals surface area contributed by atoms with Gasteiger partial charge in [0.1, 0.15) is 5.71 Å². The average Bonchev–Trinajstić information content (AvgIpc) is 2.81. The summed E-state index contributed by atoms with van der Waals surface area (Å²) in [4.78, 5) is 15.9. The molecule has 12 heteroatoms. The number of rotatable bonds is 6. The van der Waals surface area contributed by atoms with Crippen molar-refractivity contribution in [1.82, 2.24) is 0 Å². The van der Waals surface area contributed by atoms with E-state index in [4.69, 9.17) is 11.6 Å². The van der Waals surface area contributed by atoms with E-state index >= 15 is 0 Å². The molecule has 3 aromatic carbocycles. The summed E-state index contributed by atoms with van der Waals surface area (Å²) in [7, 11) is 1.01. The number of allylic oxidation sites excluding steroid dienone is 1. The van der Waals surface area contributed by atoms with Gasteiger partial charge in [0.2, 0.25) is 0 Å². The van der Waals surface area contributed by atoms with Crippen LogP contribution in [0.5, 0.6) is 0 Å². The molecule has 0 fully saturated rings. The maximum Gasteiger partial charge on any atom is 0.432 e. The number of alkyl halides is 6. The maximum atomic E-state index is 13.4. The average molecular weight is 605 g/mol. The third-order valence-corrected chi connectivity index (χ3v) is 5.68. The number of nitrogens with zero attached hydrogens (tertiary/aromatic N) is 1. The topological polar surface area (TPSA) is 53.5 Å². The molecule has 0 aliphatic carbocycles. The molecule has 0 saturated heterocycles. The molecule has 0 heterocycles. The lowest BCUT2D eigenvalue weighted by Gasteiger charge is -2.15. The first-order chi connectivity index (χ1) is 17.3. The van der Waals surface area contributed by atoms with Gasteiger partial charge in [-0.3, -0.25) is 9.79 Å². The van der Waals surface area contributed by atoms with Crippen molar-refractivity contribution in [2.24, 2.45) is 4.99 Å². The Morgan fingerprint density at radius 1 is 0.919 bits per heavy atom. The van der Waals surface area contributed by atoms with Gasteiger partial charge >= 0.3 is 12.4 Å². The summed E-state index contributed by atoms with van der Waals surface area (Å²) in [6.07, 6.45) is -8.53. The number of carbonyl (C=O) groups is 1. The fourth-order valence-electron chi connectivity index (χ4n) is 3.14. The SMILES string of the molecule is C/N=C(\C=C(/Nc1ccccc1Cl)c1ccc(C(=O)Nc2cc(Br)cc(C(F)(F)F)c2)cc1)C(F)(F)F. The molecule has 0 aromatic heterocycles. The molecule has 0 atom stereocenters. The Hall–Kier alpha value is -3.31. The number of anilines is 2. The molecule has 0 aliphatic rings. The number of carbonyl (C=O) groups excluding carboxylic acids is 1. The second kappa shape index (κ2) is 11.4. The van der Waals surface area contributed by atoms with Gasteiger partial charge in [-0.25, -0.2) is 0 Å². The van der Waals surface area contributed by atoms with E-state index in [1.54, 1.807) is 24.3 Å². The first kappa shape index (κ1) is 28.3. The van der Waals surface area contributed by atoms with E-state index in [-0.39, 0.29) is 32.0 Å². The van der Waals surface area contributed by atoms with Gasteiger partial charge in [-0.15, -0.1) is 0 Å². The van der Waals surface area contributed by atoms with Gasteiger partial charge in [-0.1, -0.05) is 51.8 Å². The number of para-hydroxylation sites is 1. The van der Waals surface area contributed by atoms with Gasteiger partial charge in [0, 0.05) is 28.5 Å². The molecule has 0 bridgehead atoms. The highest BCUT2D eigenvalue weighted by atomic mass is 79.9. The second-order valence-electron chi connectivity index (χ2n) is 7.53. The van der Waals surface area contributed by atoms with E-state index in [1.165, 1.54) is 30.3 Å². The van der Waals surface area contributed by atoms with Crippen LogP contribution in [0.15, 0.2) is 82.3 Å². The lowest BCUT2D eigenvalue weighted by atomic mass is 10.1. The predicted octanol–water partition coefficient (Wildman–Crippen LogP) is 8.46. The Balaban J connectivity index is 1.92. The molecular weight excluding hydrogens is 588 g/mol. The highest BCUT2D eigenvalue weighted by Crippen LogP contribution is 2.34. The van der Waals surface area contributed by atoms with Crippen molar-refractivity contribution in [3.8, 4) is 0 Å². The molecule has 3 rings (SSSR count). The van der Waals surface area contributed by atoms with Crippen LogP contribution in [0, 0.1) is 0 Å². The van der Waals surface area contributed by atoms with E-state index in [0.717, 1.165) is 25.3 Å². The zero-order chi connectivity index (χ0) is 27.4. The summed E-state index contributed by atoms with van der Waals surface area (Å²) in [6, 6.07) is 14.8. The van der Waals surface area contributed by atoms with Crippen LogP contribution in [0.1, 0.15) is 21.5 Å². The first-order valence-corrected chi connectivity index (χ1v) is 11.5. The molecule has 0 radical (unpaired) electrons. The quantitative estimate of drug-likeness (QED) is 0.219. The highest BCUT2D eigenvalue weighted by Gasteiger charge is 2.34. The Labute approximate surface area is 221 Å². The fraction of sp³-hybridized carbons (Fsp3) is 0.120. The molecule has 2 N–H and O–H groups in total. The minimum absolute atomic E-state index is 0.000192. The molecule has 0 aliphatic heterocycles. The zero-order valence-electron chi connectivity index (χ0n) is 18.8. The second-order valence-corrected chi connectivity index (χ2v) is 8.85. The van der Waals surface area contributed by atoms with E-state index in [2.05, 4.69) is 31.6 Å². The number of aliphatic imine (C=N–C) groups is 1. The van der Waals surface area contributed by atoms with Gasteiger partial charge in [0.15, 0.2) is 0 Å². The van der Waals surface area contributed by atoms with Gasteiger partial charge in [0.25, 0.3) is 5.91 Å². The van der Waals surface area contributed by atoms with E-state index in [9.17, 15) is 31.1 Å². The molecule has 0 saturated carbocycles. The standard InChI is InChI=1S/C25H17BrClF6N3O/c1-34-22(25(31,32)33)13-21(36-20-5-3-2-4-19(20)27)14-6-8-15(9-7-14)23(37)35-18-11-16(24(28,29)30)10-17(26)12-18/h2-13,36H,1H3,(H,35,37)/b21-13-,34-22+. The lowest BCUT2D eigenvalue weighted by Crippen LogP contribution is -2.22. The normalized spacial score (nSPS) is 12.9. The largest absolute Gasteiger partial charge is 0.432 e. The number of halogens is 8. The van der Waals surface area contributed by atoms with Gasteiger partial charge < -0.3 is 10.6 Å². The summed E-state index contributed by atoms with van der Waals surface area (Å²) in [5.41, 5.74) is -1.53. The van der Waals surface area contributed by atoms with E-state index in [1.807, 2.05) is 0 Å². The summed E-state index contributed by atoms with van der Waals surface area (Å²) >= 11 is 9.13. The van der Waals surface area contributed by atoms with Crippen molar-refractivity contribution in [3.63, 3.8) is 0 Å². The lowest BCUT2D eigenvalue weighted by molar-refractivity contribution is -0.137. The van der Waals surface area contributed by atoms with Crippen LogP contribution in [0.2, 0.25) is 5.02 Å². The van der Waals surface area contributed by atoms with Crippen LogP contribution < -0.4 is 10.6 Å². The monoisotopic (exact) mass is 603 g/mol. The maximum absolute atomic E-state index is 13.4. The van der Waals surface area contributed by atoms with Crippen LogP contribution in [0.25, 0.3) is 5.70 Å². The summed E-state index contributed by atoms with van der Waals surface area (Å²) in [5.74, 6) is -0.714. The number of hydrogen-bond acceptors (Lipinski definition) is 3. The molecular formula is C25H17BrClF6N3O. The Bertz CT molecular complexity index is 1350. The molecule has 0 unspecified atom stereocenters. The zero-order valence-corrected chi connectivity index (χ0v) is 21.1. The summed E-state index contributed by atoms with van der Waals surface area (Å²) in [6.45, 7) is 0. The number of hydrogen-bond donors (Lipinski definition) is 2. The third kappa shape index (κ3) is 7.59. The van der Waals surface area contributed by atoms with E-state index in [0.29, 0.717) is 5.69 Å². The minimum atomic E-state index is -4.72. The van der Waals surface area contributed by atoms with Crippen molar-refractivity contribution >= 4 is 56.2 Å². The highest BCUT2D eigenvalue weighted by molar-refractivity contribution is 9.10. The molecule has 194 valence electrons. The fourth-order valence-corrected chi connectivity index (χ4v) is 3.82. The van der Waals surface area contributed by atoms with Crippen molar-refractivity contribution in [2.45, 2.75) is 12.4 Å². The molecule has 4 nitrogen and oxygen atoms in total.